The molecule has 0 spiro atoms. The number of carbonyl (C=O) groups excluding carboxylic acids is 3. The van der Waals surface area contributed by atoms with Gasteiger partial charge in [-0.15, -0.1) is 0 Å². The highest BCUT2D eigenvalue weighted by atomic mass is 16.6. The largest absolute Gasteiger partial charge is 0.465 e. The van der Waals surface area contributed by atoms with Crippen LogP contribution < -0.4 is 0 Å². The van der Waals surface area contributed by atoms with E-state index in [-0.39, 0.29) is 11.5 Å². The van der Waals surface area contributed by atoms with E-state index < -0.39 is 23.8 Å². The molecule has 8 nitrogen and oxygen atoms in total. The zero-order valence-electron chi connectivity index (χ0n) is 14.1. The lowest BCUT2D eigenvalue weighted by molar-refractivity contribution is 0.0279. The number of Topliss-reactive ketones (excluding diaryl/α,β-unsaturated/α-hetero) is 1. The Labute approximate surface area is 138 Å². The Morgan fingerprint density at radius 3 is 2.42 bits per heavy atom. The lowest BCUT2D eigenvalue weighted by Crippen LogP contribution is -2.25. The number of esters is 2. The predicted octanol–water partition coefficient (Wildman–Crippen LogP) is 2.14. The number of aromatic amines is 1. The van der Waals surface area contributed by atoms with E-state index in [1.54, 1.807) is 20.8 Å². The fourth-order valence-corrected chi connectivity index (χ4v) is 2.34. The summed E-state index contributed by atoms with van der Waals surface area (Å²) in [5, 5.41) is 3.59. The molecule has 2 aromatic heterocycles. The summed E-state index contributed by atoms with van der Waals surface area (Å²) in [7, 11) is 1.26. The first kappa shape index (κ1) is 17.5. The Kier molecular flexibility index (Phi) is 4.87. The summed E-state index contributed by atoms with van der Waals surface area (Å²) in [5.74, 6) is -1.87. The summed E-state index contributed by atoms with van der Waals surface area (Å²) in [4.78, 5) is 39.0. The van der Waals surface area contributed by atoms with E-state index in [9.17, 15) is 14.4 Å². The minimum atomic E-state index is -1.06. The molecule has 0 fully saturated rings. The molecule has 2 rings (SSSR count). The highest BCUT2D eigenvalue weighted by molar-refractivity contribution is 6.04. The maximum atomic E-state index is 12.5. The third-order valence-electron chi connectivity index (χ3n) is 3.56. The smallest absolute Gasteiger partial charge is 0.377 e. The number of hydrogen-bond acceptors (Lipinski definition) is 7. The van der Waals surface area contributed by atoms with Crippen LogP contribution in [0.25, 0.3) is 0 Å². The Morgan fingerprint density at radius 1 is 1.21 bits per heavy atom. The molecule has 0 radical (unpaired) electrons. The minimum Gasteiger partial charge on any atom is -0.465 e. The van der Waals surface area contributed by atoms with E-state index in [0.29, 0.717) is 22.5 Å². The maximum absolute atomic E-state index is 12.5. The van der Waals surface area contributed by atoms with Gasteiger partial charge in [-0.3, -0.25) is 4.79 Å². The highest BCUT2D eigenvalue weighted by Gasteiger charge is 2.28. The van der Waals surface area contributed by atoms with Gasteiger partial charge in [0.25, 0.3) is 0 Å². The van der Waals surface area contributed by atoms with E-state index in [4.69, 9.17) is 14.0 Å². The fraction of sp³-hybridized carbons (Fsp3) is 0.375. The van der Waals surface area contributed by atoms with Crippen molar-refractivity contribution in [1.82, 2.24) is 10.1 Å². The quantitative estimate of drug-likeness (QED) is 0.658. The number of carbonyl (C=O) groups is 3. The van der Waals surface area contributed by atoms with Crippen LogP contribution >= 0.6 is 0 Å². The second kappa shape index (κ2) is 6.69. The molecular weight excluding hydrogens is 316 g/mol. The van der Waals surface area contributed by atoms with Crippen molar-refractivity contribution in [2.45, 2.75) is 33.8 Å². The van der Waals surface area contributed by atoms with Gasteiger partial charge in [-0.1, -0.05) is 5.16 Å². The maximum Gasteiger partial charge on any atom is 0.377 e. The molecule has 0 saturated carbocycles. The molecule has 0 amide bonds. The molecule has 0 aliphatic carbocycles. The zero-order valence-corrected chi connectivity index (χ0v) is 14.1. The summed E-state index contributed by atoms with van der Waals surface area (Å²) in [6, 6.07) is 1.42. The number of nitrogens with zero attached hydrogens (tertiary/aromatic N) is 1. The van der Waals surface area contributed by atoms with Crippen LogP contribution in [0.5, 0.6) is 0 Å². The van der Waals surface area contributed by atoms with E-state index in [1.807, 2.05) is 0 Å². The van der Waals surface area contributed by atoms with E-state index >= 15 is 0 Å². The molecule has 2 aromatic rings. The van der Waals surface area contributed by atoms with Gasteiger partial charge in [0.15, 0.2) is 6.10 Å². The first-order valence-corrected chi connectivity index (χ1v) is 7.22. The summed E-state index contributed by atoms with van der Waals surface area (Å²) in [6.45, 7) is 6.38. The van der Waals surface area contributed by atoms with Crippen molar-refractivity contribution in [3.63, 3.8) is 0 Å². The zero-order chi connectivity index (χ0) is 18.0. The Hall–Kier alpha value is -2.90. The number of rotatable bonds is 5. The number of methoxy groups -OCH3 is 1. The van der Waals surface area contributed by atoms with Crippen LogP contribution in [-0.2, 0) is 9.47 Å². The van der Waals surface area contributed by atoms with Crippen LogP contribution in [0.4, 0.5) is 0 Å². The molecule has 0 saturated heterocycles. The van der Waals surface area contributed by atoms with Crippen LogP contribution in [0.15, 0.2) is 10.6 Å². The lowest BCUT2D eigenvalue weighted by atomic mass is 10.1. The normalized spacial score (nSPS) is 11.9. The van der Waals surface area contributed by atoms with Crippen LogP contribution in [0.2, 0.25) is 0 Å². The average Bonchev–Trinajstić information content (AvgIpc) is 3.09. The Bertz CT molecular complexity index is 802. The van der Waals surface area contributed by atoms with Crippen LogP contribution in [0.3, 0.4) is 0 Å². The SMILES string of the molecule is COC(=O)c1c(C)[nH]c(C(=O)[C@@H](C)OC(=O)c2cc(C)no2)c1C. The first-order chi connectivity index (χ1) is 11.3. The molecule has 128 valence electrons. The van der Waals surface area contributed by atoms with Crippen molar-refractivity contribution < 1.29 is 28.4 Å². The molecule has 0 aromatic carbocycles. The van der Waals surface area contributed by atoms with Crippen molar-refractivity contribution in [1.29, 1.82) is 0 Å². The Balaban J connectivity index is 2.19. The molecule has 0 aliphatic heterocycles. The minimum absolute atomic E-state index is 0.0817. The monoisotopic (exact) mass is 334 g/mol. The van der Waals surface area contributed by atoms with Crippen molar-refractivity contribution in [3.05, 3.63) is 40.0 Å². The van der Waals surface area contributed by atoms with Crippen molar-refractivity contribution in [3.8, 4) is 0 Å². The van der Waals surface area contributed by atoms with E-state index in [2.05, 4.69) is 10.1 Å². The number of aromatic nitrogens is 2. The number of aryl methyl sites for hydroxylation is 2. The number of nitrogens with one attached hydrogen (secondary N) is 1. The molecule has 0 bridgehead atoms. The van der Waals surface area contributed by atoms with Crippen molar-refractivity contribution in [2.75, 3.05) is 7.11 Å². The van der Waals surface area contributed by atoms with E-state index in [1.165, 1.54) is 20.1 Å². The van der Waals surface area contributed by atoms with E-state index in [0.717, 1.165) is 0 Å². The molecule has 2 heterocycles. The Morgan fingerprint density at radius 2 is 1.88 bits per heavy atom. The molecule has 1 atom stereocenters. The van der Waals surface area contributed by atoms with Crippen LogP contribution in [-0.4, -0.2) is 41.1 Å². The van der Waals surface area contributed by atoms with Crippen LogP contribution in [0, 0.1) is 20.8 Å². The second-order valence-corrected chi connectivity index (χ2v) is 5.36. The van der Waals surface area contributed by atoms with Gasteiger partial charge in [0.1, 0.15) is 0 Å². The second-order valence-electron chi connectivity index (χ2n) is 5.36. The fourth-order valence-electron chi connectivity index (χ4n) is 2.34. The summed E-state index contributed by atoms with van der Waals surface area (Å²) < 4.78 is 14.6. The molecule has 8 heteroatoms. The molecule has 0 unspecified atom stereocenters. The van der Waals surface area contributed by atoms with Gasteiger partial charge in [0.05, 0.1) is 24.1 Å². The number of ketones is 1. The molecule has 0 aliphatic rings. The van der Waals surface area contributed by atoms with Gasteiger partial charge in [-0.05, 0) is 33.3 Å². The predicted molar refractivity (Wildman–Crippen MR) is 82.1 cm³/mol. The lowest BCUT2D eigenvalue weighted by Gasteiger charge is -2.10. The highest BCUT2D eigenvalue weighted by Crippen LogP contribution is 2.21. The van der Waals surface area contributed by atoms with Crippen molar-refractivity contribution in [2.24, 2.45) is 0 Å². The third kappa shape index (κ3) is 3.22. The standard InChI is InChI=1S/C16H18N2O6/c1-7-6-11(24-18-7)15(20)23-10(4)14(19)13-8(2)12(9(3)17-13)16(21)22-5/h6,10,17H,1-5H3/t10-/m1/s1. The summed E-state index contributed by atoms with van der Waals surface area (Å²) >= 11 is 0. The molecule has 1 N–H and O–H groups in total. The van der Waals surface area contributed by atoms with Crippen molar-refractivity contribution >= 4 is 17.7 Å². The third-order valence-corrected chi connectivity index (χ3v) is 3.56. The topological polar surface area (TPSA) is 111 Å². The van der Waals surface area contributed by atoms with Gasteiger partial charge >= 0.3 is 11.9 Å². The number of ether oxygens (including phenoxy) is 2. The van der Waals surface area contributed by atoms with Gasteiger partial charge in [0.2, 0.25) is 11.5 Å². The number of H-pyrrole nitrogens is 1. The molecular formula is C16H18N2O6. The van der Waals surface area contributed by atoms with Gasteiger partial charge in [-0.2, -0.15) is 0 Å². The first-order valence-electron chi connectivity index (χ1n) is 7.22. The summed E-state index contributed by atoms with van der Waals surface area (Å²) in [5.41, 5.74) is 1.97. The van der Waals surface area contributed by atoms with Gasteiger partial charge in [0, 0.05) is 11.8 Å². The average molecular weight is 334 g/mol. The number of hydrogen-bond donors (Lipinski definition) is 1. The summed E-state index contributed by atoms with van der Waals surface area (Å²) in [6.07, 6.45) is -1.06. The van der Waals surface area contributed by atoms with Gasteiger partial charge < -0.3 is 19.0 Å². The van der Waals surface area contributed by atoms with Crippen LogP contribution in [0.1, 0.15) is 55.3 Å². The molecule has 24 heavy (non-hydrogen) atoms. The van der Waals surface area contributed by atoms with Gasteiger partial charge in [-0.25, -0.2) is 9.59 Å².